The molecule has 0 aliphatic carbocycles. The zero-order valence-corrected chi connectivity index (χ0v) is 11.7. The smallest absolute Gasteiger partial charge is 0.172 e. The molecule has 5 nitrogen and oxygen atoms in total. The summed E-state index contributed by atoms with van der Waals surface area (Å²) < 4.78 is 7.27. The third-order valence-electron chi connectivity index (χ3n) is 2.76. The fraction of sp³-hybridized carbons (Fsp3) is 0.308. The fourth-order valence-corrected chi connectivity index (χ4v) is 1.97. The third-order valence-corrected chi connectivity index (χ3v) is 3.25. The lowest BCUT2D eigenvalue weighted by Gasteiger charge is -2.09. The summed E-state index contributed by atoms with van der Waals surface area (Å²) in [5.41, 5.74) is 2.57. The van der Waals surface area contributed by atoms with Gasteiger partial charge in [0.1, 0.15) is 18.1 Å². The minimum atomic E-state index is 0.238. The maximum Gasteiger partial charge on any atom is 0.172 e. The van der Waals surface area contributed by atoms with Crippen LogP contribution in [0.3, 0.4) is 0 Å². The second kappa shape index (κ2) is 5.40. The molecule has 0 aliphatic rings. The second-order valence-corrected chi connectivity index (χ2v) is 4.59. The predicted octanol–water partition coefficient (Wildman–Crippen LogP) is 2.48. The van der Waals surface area contributed by atoms with Crippen molar-refractivity contribution in [2.45, 2.75) is 20.5 Å². The Morgan fingerprint density at radius 1 is 1.42 bits per heavy atom. The number of hydrogen-bond donors (Lipinski definition) is 0. The molecule has 0 unspecified atom stereocenters. The summed E-state index contributed by atoms with van der Waals surface area (Å²) in [6, 6.07) is 3.52. The number of aldehydes is 1. The quantitative estimate of drug-likeness (QED) is 0.807. The van der Waals surface area contributed by atoms with Gasteiger partial charge in [-0.05, 0) is 26.0 Å². The first-order valence-corrected chi connectivity index (χ1v) is 6.14. The molecule has 0 amide bonds. The summed E-state index contributed by atoms with van der Waals surface area (Å²) in [4.78, 5) is 15.0. The van der Waals surface area contributed by atoms with Crippen molar-refractivity contribution in [1.29, 1.82) is 0 Å². The molecular weight excluding hydrogens is 266 g/mol. The van der Waals surface area contributed by atoms with Crippen LogP contribution in [0, 0.1) is 13.8 Å². The molecule has 0 fully saturated rings. The number of hydrogen-bond acceptors (Lipinski definition) is 4. The zero-order chi connectivity index (χ0) is 14.0. The summed E-state index contributed by atoms with van der Waals surface area (Å²) in [6.45, 7) is 3.88. The lowest BCUT2D eigenvalue weighted by atomic mass is 10.3. The van der Waals surface area contributed by atoms with Crippen LogP contribution in [0.5, 0.6) is 5.75 Å². The SMILES string of the molecule is Cc1ccc(OCc2c(Cl)c(C)nn2C)c(C=O)n1. The van der Waals surface area contributed by atoms with Crippen molar-refractivity contribution >= 4 is 17.9 Å². The van der Waals surface area contributed by atoms with E-state index in [4.69, 9.17) is 16.3 Å². The van der Waals surface area contributed by atoms with E-state index in [1.54, 1.807) is 23.9 Å². The topological polar surface area (TPSA) is 57.0 Å². The highest BCUT2D eigenvalue weighted by molar-refractivity contribution is 6.31. The van der Waals surface area contributed by atoms with Gasteiger partial charge < -0.3 is 4.74 Å². The van der Waals surface area contributed by atoms with Crippen LogP contribution in [-0.2, 0) is 13.7 Å². The number of ether oxygens (including phenoxy) is 1. The molecule has 0 spiro atoms. The van der Waals surface area contributed by atoms with Crippen molar-refractivity contribution in [3.05, 3.63) is 39.9 Å². The first-order valence-electron chi connectivity index (χ1n) is 5.76. The number of carbonyl (C=O) groups excluding carboxylic acids is 1. The van der Waals surface area contributed by atoms with Crippen molar-refractivity contribution < 1.29 is 9.53 Å². The Bertz CT molecular complexity index is 623. The average molecular weight is 280 g/mol. The maximum absolute atomic E-state index is 10.9. The van der Waals surface area contributed by atoms with E-state index in [2.05, 4.69) is 10.1 Å². The van der Waals surface area contributed by atoms with E-state index in [0.717, 1.165) is 17.1 Å². The van der Waals surface area contributed by atoms with E-state index in [-0.39, 0.29) is 12.3 Å². The zero-order valence-electron chi connectivity index (χ0n) is 11.0. The highest BCUT2D eigenvalue weighted by atomic mass is 35.5. The first-order chi connectivity index (χ1) is 9.02. The number of carbonyl (C=O) groups is 1. The molecule has 0 saturated carbocycles. The second-order valence-electron chi connectivity index (χ2n) is 4.21. The van der Waals surface area contributed by atoms with Gasteiger partial charge in [-0.15, -0.1) is 0 Å². The predicted molar refractivity (Wildman–Crippen MR) is 71.6 cm³/mol. The van der Waals surface area contributed by atoms with E-state index in [9.17, 15) is 4.79 Å². The van der Waals surface area contributed by atoms with Crippen LogP contribution < -0.4 is 4.74 Å². The van der Waals surface area contributed by atoms with Crippen LogP contribution >= 0.6 is 11.6 Å². The van der Waals surface area contributed by atoms with Gasteiger partial charge in [0.05, 0.1) is 16.4 Å². The van der Waals surface area contributed by atoms with E-state index in [1.165, 1.54) is 0 Å². The van der Waals surface area contributed by atoms with E-state index < -0.39 is 0 Å². The summed E-state index contributed by atoms with van der Waals surface area (Å²) in [7, 11) is 1.80. The van der Waals surface area contributed by atoms with Crippen LogP contribution in [0.25, 0.3) is 0 Å². The van der Waals surface area contributed by atoms with Crippen molar-refractivity contribution in [1.82, 2.24) is 14.8 Å². The third kappa shape index (κ3) is 2.76. The van der Waals surface area contributed by atoms with Crippen molar-refractivity contribution in [3.8, 4) is 5.75 Å². The van der Waals surface area contributed by atoms with Crippen LogP contribution in [0.15, 0.2) is 12.1 Å². The van der Waals surface area contributed by atoms with Gasteiger partial charge in [-0.3, -0.25) is 9.48 Å². The Balaban J connectivity index is 2.21. The van der Waals surface area contributed by atoms with E-state index >= 15 is 0 Å². The molecule has 19 heavy (non-hydrogen) atoms. The molecule has 0 radical (unpaired) electrons. The molecule has 2 aromatic heterocycles. The average Bonchev–Trinajstić information content (AvgIpc) is 2.62. The van der Waals surface area contributed by atoms with Gasteiger partial charge in [-0.25, -0.2) is 4.98 Å². The minimum Gasteiger partial charge on any atom is -0.485 e. The standard InChI is InChI=1S/C13H14ClN3O2/c1-8-4-5-12(10(6-18)15-8)19-7-11-13(14)9(2)16-17(11)3/h4-6H,7H2,1-3H3. The monoisotopic (exact) mass is 279 g/mol. The van der Waals surface area contributed by atoms with Crippen molar-refractivity contribution in [2.75, 3.05) is 0 Å². The molecule has 100 valence electrons. The Kier molecular flexibility index (Phi) is 3.85. The van der Waals surface area contributed by atoms with E-state index in [0.29, 0.717) is 17.1 Å². The number of pyridine rings is 1. The van der Waals surface area contributed by atoms with Crippen LogP contribution in [0.1, 0.15) is 27.6 Å². The summed E-state index contributed by atoms with van der Waals surface area (Å²) in [6.07, 6.45) is 0.679. The van der Waals surface area contributed by atoms with Crippen molar-refractivity contribution in [2.24, 2.45) is 7.05 Å². The Morgan fingerprint density at radius 2 is 2.16 bits per heavy atom. The normalized spacial score (nSPS) is 10.5. The van der Waals surface area contributed by atoms with Gasteiger partial charge >= 0.3 is 0 Å². The number of aromatic nitrogens is 3. The Hall–Kier alpha value is -1.88. The Morgan fingerprint density at radius 3 is 2.74 bits per heavy atom. The molecule has 2 aromatic rings. The van der Waals surface area contributed by atoms with Gasteiger partial charge in [-0.1, -0.05) is 11.6 Å². The molecule has 0 aliphatic heterocycles. The molecular formula is C13H14ClN3O2. The number of aryl methyl sites for hydroxylation is 3. The van der Waals surface area contributed by atoms with E-state index in [1.807, 2.05) is 13.8 Å². The first kappa shape index (κ1) is 13.5. The summed E-state index contributed by atoms with van der Waals surface area (Å²) in [5.74, 6) is 0.440. The number of halogens is 1. The van der Waals surface area contributed by atoms with Gasteiger partial charge in [0, 0.05) is 12.7 Å². The molecule has 0 bridgehead atoms. The molecule has 0 atom stereocenters. The van der Waals surface area contributed by atoms with Gasteiger partial charge in [-0.2, -0.15) is 5.10 Å². The number of nitrogens with zero attached hydrogens (tertiary/aromatic N) is 3. The molecule has 0 aromatic carbocycles. The highest BCUT2D eigenvalue weighted by Crippen LogP contribution is 2.22. The lowest BCUT2D eigenvalue weighted by molar-refractivity contribution is 0.111. The van der Waals surface area contributed by atoms with Crippen LogP contribution in [-0.4, -0.2) is 21.1 Å². The summed E-state index contributed by atoms with van der Waals surface area (Å²) >= 11 is 6.13. The molecule has 0 N–H and O–H groups in total. The van der Waals surface area contributed by atoms with Gasteiger partial charge in [0.2, 0.25) is 0 Å². The number of rotatable bonds is 4. The van der Waals surface area contributed by atoms with Crippen molar-refractivity contribution in [3.63, 3.8) is 0 Å². The van der Waals surface area contributed by atoms with Gasteiger partial charge in [0.15, 0.2) is 6.29 Å². The fourth-order valence-electron chi connectivity index (χ4n) is 1.75. The Labute approximate surface area is 116 Å². The minimum absolute atomic E-state index is 0.238. The molecule has 2 heterocycles. The van der Waals surface area contributed by atoms with Crippen LogP contribution in [0.2, 0.25) is 5.02 Å². The largest absolute Gasteiger partial charge is 0.485 e. The molecule has 6 heteroatoms. The lowest BCUT2D eigenvalue weighted by Crippen LogP contribution is -2.05. The van der Waals surface area contributed by atoms with Gasteiger partial charge in [0.25, 0.3) is 0 Å². The molecule has 2 rings (SSSR count). The highest BCUT2D eigenvalue weighted by Gasteiger charge is 2.13. The summed E-state index contributed by atoms with van der Waals surface area (Å²) in [5, 5.41) is 4.78. The molecule has 0 saturated heterocycles. The van der Waals surface area contributed by atoms with Crippen LogP contribution in [0.4, 0.5) is 0 Å². The maximum atomic E-state index is 10.9.